The summed E-state index contributed by atoms with van der Waals surface area (Å²) in [6.45, 7) is 6.11. The zero-order valence-corrected chi connectivity index (χ0v) is 9.03. The lowest BCUT2D eigenvalue weighted by Gasteiger charge is -2.43. The molecule has 0 radical (unpaired) electrons. The zero-order chi connectivity index (χ0) is 10.2. The number of aliphatic hydroxyl groups excluding tert-OH is 1. The molecule has 2 rings (SSSR count). The molecule has 1 saturated heterocycles. The summed E-state index contributed by atoms with van der Waals surface area (Å²) in [6, 6.07) is 0. The van der Waals surface area contributed by atoms with E-state index in [4.69, 9.17) is 9.47 Å². The molecular weight excluding hydrogens is 180 g/mol. The zero-order valence-electron chi connectivity index (χ0n) is 9.03. The van der Waals surface area contributed by atoms with Crippen molar-refractivity contribution in [1.82, 2.24) is 0 Å². The lowest BCUT2D eigenvalue weighted by molar-refractivity contribution is -0.207. The van der Waals surface area contributed by atoms with Crippen LogP contribution in [0.25, 0.3) is 0 Å². The Morgan fingerprint density at radius 1 is 1.14 bits per heavy atom. The van der Waals surface area contributed by atoms with Gasteiger partial charge in [-0.05, 0) is 17.8 Å². The van der Waals surface area contributed by atoms with Gasteiger partial charge in [0.25, 0.3) is 0 Å². The van der Waals surface area contributed by atoms with Crippen LogP contribution in [0.4, 0.5) is 0 Å². The first-order chi connectivity index (χ1) is 6.67. The van der Waals surface area contributed by atoms with Gasteiger partial charge in [-0.15, -0.1) is 0 Å². The number of rotatable bonds is 1. The fraction of sp³-hybridized carbons (Fsp3) is 1.00. The first-order valence-corrected chi connectivity index (χ1v) is 5.56. The Morgan fingerprint density at radius 2 is 1.64 bits per heavy atom. The van der Waals surface area contributed by atoms with Gasteiger partial charge in [-0.2, -0.15) is 0 Å². The number of ether oxygens (including phenoxy) is 2. The van der Waals surface area contributed by atoms with Crippen LogP contribution >= 0.6 is 0 Å². The molecule has 1 aliphatic heterocycles. The summed E-state index contributed by atoms with van der Waals surface area (Å²) in [7, 11) is 0. The second-order valence-corrected chi connectivity index (χ2v) is 4.82. The van der Waals surface area contributed by atoms with Crippen molar-refractivity contribution >= 4 is 0 Å². The van der Waals surface area contributed by atoms with Crippen LogP contribution in [-0.4, -0.2) is 30.7 Å². The minimum absolute atomic E-state index is 0.290. The average Bonchev–Trinajstić information content (AvgIpc) is 2.52. The molecule has 2 fully saturated rings. The minimum Gasteiger partial charge on any atom is -0.396 e. The summed E-state index contributed by atoms with van der Waals surface area (Å²) < 4.78 is 11.4. The second-order valence-electron chi connectivity index (χ2n) is 4.82. The molecule has 1 unspecified atom stereocenters. The molecule has 0 amide bonds. The van der Waals surface area contributed by atoms with Crippen LogP contribution in [0.3, 0.4) is 0 Å². The van der Waals surface area contributed by atoms with Gasteiger partial charge < -0.3 is 14.6 Å². The van der Waals surface area contributed by atoms with Crippen molar-refractivity contribution in [3.63, 3.8) is 0 Å². The van der Waals surface area contributed by atoms with Gasteiger partial charge in [0.2, 0.25) is 0 Å². The molecule has 0 aromatic rings. The molecule has 14 heavy (non-hydrogen) atoms. The standard InChI is InChI=1S/C11H20O3/c1-8-5-11(13-3-4-14-11)6-9(2)10(8)7-12/h8-10,12H,3-7H2,1-2H3/t8-,9+,10?. The van der Waals surface area contributed by atoms with Gasteiger partial charge in [0.15, 0.2) is 5.79 Å². The Morgan fingerprint density at radius 3 is 2.07 bits per heavy atom. The normalized spacial score (nSPS) is 41.8. The highest BCUT2D eigenvalue weighted by Gasteiger charge is 2.46. The number of aliphatic hydroxyl groups is 1. The van der Waals surface area contributed by atoms with Gasteiger partial charge in [-0.1, -0.05) is 13.8 Å². The van der Waals surface area contributed by atoms with Crippen LogP contribution in [-0.2, 0) is 9.47 Å². The summed E-state index contributed by atoms with van der Waals surface area (Å²) in [5.41, 5.74) is 0. The fourth-order valence-corrected chi connectivity index (χ4v) is 3.02. The highest BCUT2D eigenvalue weighted by Crippen LogP contribution is 2.44. The SMILES string of the molecule is C[C@@H]1CC2(C[C@H](C)C1CO)OCCO2. The maximum absolute atomic E-state index is 9.28. The van der Waals surface area contributed by atoms with E-state index in [-0.39, 0.29) is 5.79 Å². The van der Waals surface area contributed by atoms with E-state index in [1.165, 1.54) is 0 Å². The molecule has 82 valence electrons. The van der Waals surface area contributed by atoms with Gasteiger partial charge in [-0.25, -0.2) is 0 Å². The summed E-state index contributed by atoms with van der Waals surface area (Å²) in [5.74, 6) is 1.07. The van der Waals surface area contributed by atoms with Crippen LogP contribution in [0.5, 0.6) is 0 Å². The van der Waals surface area contributed by atoms with Gasteiger partial charge in [0, 0.05) is 19.4 Å². The highest BCUT2D eigenvalue weighted by atomic mass is 16.7. The van der Waals surface area contributed by atoms with E-state index in [0.717, 1.165) is 26.1 Å². The van der Waals surface area contributed by atoms with Crippen molar-refractivity contribution in [2.75, 3.05) is 19.8 Å². The van der Waals surface area contributed by atoms with Crippen molar-refractivity contribution in [3.05, 3.63) is 0 Å². The smallest absolute Gasteiger partial charge is 0.169 e. The molecule has 2 aliphatic rings. The molecule has 1 spiro atoms. The lowest BCUT2D eigenvalue weighted by Crippen LogP contribution is -2.44. The van der Waals surface area contributed by atoms with E-state index in [9.17, 15) is 5.11 Å². The third kappa shape index (κ3) is 1.69. The van der Waals surface area contributed by atoms with Crippen LogP contribution in [0, 0.1) is 17.8 Å². The maximum atomic E-state index is 9.28. The van der Waals surface area contributed by atoms with Crippen molar-refractivity contribution in [2.45, 2.75) is 32.5 Å². The maximum Gasteiger partial charge on any atom is 0.169 e. The summed E-state index contributed by atoms with van der Waals surface area (Å²) in [6.07, 6.45) is 1.87. The monoisotopic (exact) mass is 200 g/mol. The largest absolute Gasteiger partial charge is 0.396 e. The highest BCUT2D eigenvalue weighted by molar-refractivity contribution is 4.89. The number of hydrogen-bond donors (Lipinski definition) is 1. The first-order valence-electron chi connectivity index (χ1n) is 5.56. The third-order valence-corrected chi connectivity index (χ3v) is 3.75. The molecule has 0 aromatic heterocycles. The van der Waals surface area contributed by atoms with E-state index in [2.05, 4.69) is 13.8 Å². The minimum atomic E-state index is -0.315. The quantitative estimate of drug-likeness (QED) is 0.695. The first kappa shape index (κ1) is 10.4. The summed E-state index contributed by atoms with van der Waals surface area (Å²) in [5, 5.41) is 9.28. The predicted molar refractivity (Wildman–Crippen MR) is 52.8 cm³/mol. The topological polar surface area (TPSA) is 38.7 Å². The van der Waals surface area contributed by atoms with Crippen molar-refractivity contribution in [1.29, 1.82) is 0 Å². The van der Waals surface area contributed by atoms with Gasteiger partial charge in [0.05, 0.1) is 13.2 Å². The van der Waals surface area contributed by atoms with E-state index < -0.39 is 0 Å². The van der Waals surface area contributed by atoms with Crippen LogP contribution in [0.1, 0.15) is 26.7 Å². The van der Waals surface area contributed by atoms with E-state index >= 15 is 0 Å². The van der Waals surface area contributed by atoms with Crippen molar-refractivity contribution in [2.24, 2.45) is 17.8 Å². The molecule has 0 aromatic carbocycles. The molecule has 0 bridgehead atoms. The molecule has 3 nitrogen and oxygen atoms in total. The van der Waals surface area contributed by atoms with Gasteiger partial charge in [0.1, 0.15) is 0 Å². The Kier molecular flexibility index (Phi) is 2.82. The van der Waals surface area contributed by atoms with Crippen molar-refractivity contribution < 1.29 is 14.6 Å². The Bertz CT molecular complexity index is 185. The number of hydrogen-bond acceptors (Lipinski definition) is 3. The Hall–Kier alpha value is -0.120. The molecule has 3 heteroatoms. The third-order valence-electron chi connectivity index (χ3n) is 3.75. The van der Waals surface area contributed by atoms with E-state index in [1.807, 2.05) is 0 Å². The van der Waals surface area contributed by atoms with Gasteiger partial charge >= 0.3 is 0 Å². The van der Waals surface area contributed by atoms with E-state index in [0.29, 0.717) is 24.4 Å². The van der Waals surface area contributed by atoms with Crippen LogP contribution < -0.4 is 0 Å². The lowest BCUT2D eigenvalue weighted by atomic mass is 9.71. The summed E-state index contributed by atoms with van der Waals surface area (Å²) in [4.78, 5) is 0. The summed E-state index contributed by atoms with van der Waals surface area (Å²) >= 11 is 0. The Balaban J connectivity index is 2.06. The van der Waals surface area contributed by atoms with Crippen LogP contribution in [0.2, 0.25) is 0 Å². The van der Waals surface area contributed by atoms with Gasteiger partial charge in [-0.3, -0.25) is 0 Å². The van der Waals surface area contributed by atoms with E-state index in [1.54, 1.807) is 0 Å². The second kappa shape index (κ2) is 3.80. The molecule has 1 heterocycles. The molecule has 1 aliphatic carbocycles. The molecule has 1 N–H and O–H groups in total. The molecule has 1 saturated carbocycles. The molecular formula is C11H20O3. The predicted octanol–water partition coefficient (Wildman–Crippen LogP) is 1.40. The molecule has 3 atom stereocenters. The fourth-order valence-electron chi connectivity index (χ4n) is 3.02. The average molecular weight is 200 g/mol. The van der Waals surface area contributed by atoms with Crippen molar-refractivity contribution in [3.8, 4) is 0 Å². The van der Waals surface area contributed by atoms with Crippen LogP contribution in [0.15, 0.2) is 0 Å². The Labute approximate surface area is 85.4 Å².